The molecule has 2 aromatic rings. The Morgan fingerprint density at radius 1 is 1.21 bits per heavy atom. The van der Waals surface area contributed by atoms with Crippen LogP contribution in [0.3, 0.4) is 0 Å². The highest BCUT2D eigenvalue weighted by Crippen LogP contribution is 2.22. The molecule has 6 heteroatoms. The molecule has 6 nitrogen and oxygen atoms in total. The Hall–Kier alpha value is -2.89. The van der Waals surface area contributed by atoms with Crippen molar-refractivity contribution in [3.63, 3.8) is 0 Å². The van der Waals surface area contributed by atoms with Gasteiger partial charge in [0.2, 0.25) is 11.8 Å². The summed E-state index contributed by atoms with van der Waals surface area (Å²) in [4.78, 5) is 32.5. The number of pyridine rings is 1. The SMILES string of the molecule is Cc1cc(C)cc(OCCCN(C)C(=O)C2CC(=O)N(Cc3ccncc3)C2)c1. The number of ether oxygens (including phenoxy) is 1. The van der Waals surface area contributed by atoms with Gasteiger partial charge in [-0.1, -0.05) is 6.07 Å². The molecule has 0 spiro atoms. The van der Waals surface area contributed by atoms with Crippen molar-refractivity contribution in [3.05, 3.63) is 59.4 Å². The number of benzene rings is 1. The minimum atomic E-state index is -0.269. The molecular formula is C23H29N3O3. The van der Waals surface area contributed by atoms with E-state index in [1.165, 1.54) is 11.1 Å². The number of hydrogen-bond acceptors (Lipinski definition) is 4. The van der Waals surface area contributed by atoms with E-state index >= 15 is 0 Å². The van der Waals surface area contributed by atoms with E-state index in [1.807, 2.05) is 38.1 Å². The van der Waals surface area contributed by atoms with Crippen LogP contribution in [0, 0.1) is 19.8 Å². The van der Waals surface area contributed by atoms with E-state index in [9.17, 15) is 9.59 Å². The topological polar surface area (TPSA) is 62.7 Å². The van der Waals surface area contributed by atoms with Crippen LogP contribution in [0.1, 0.15) is 29.5 Å². The number of nitrogens with zero attached hydrogens (tertiary/aromatic N) is 3. The Balaban J connectivity index is 1.43. The molecule has 1 aliphatic rings. The second-order valence-corrected chi connectivity index (χ2v) is 7.82. The maximum atomic E-state index is 12.7. The summed E-state index contributed by atoms with van der Waals surface area (Å²) < 4.78 is 5.82. The molecule has 3 rings (SSSR count). The van der Waals surface area contributed by atoms with Crippen LogP contribution < -0.4 is 4.74 Å². The third-order valence-electron chi connectivity index (χ3n) is 5.16. The van der Waals surface area contributed by atoms with Gasteiger partial charge in [-0.3, -0.25) is 14.6 Å². The number of amides is 2. The van der Waals surface area contributed by atoms with Crippen LogP contribution >= 0.6 is 0 Å². The normalized spacial score (nSPS) is 16.2. The number of aromatic nitrogens is 1. The van der Waals surface area contributed by atoms with Crippen LogP contribution in [0.15, 0.2) is 42.7 Å². The van der Waals surface area contributed by atoms with E-state index in [0.717, 1.165) is 17.7 Å². The Morgan fingerprint density at radius 2 is 1.90 bits per heavy atom. The lowest BCUT2D eigenvalue weighted by molar-refractivity contribution is -0.134. The first kappa shape index (κ1) is 20.8. The highest BCUT2D eigenvalue weighted by atomic mass is 16.5. The largest absolute Gasteiger partial charge is 0.494 e. The molecule has 1 aromatic heterocycles. The zero-order chi connectivity index (χ0) is 20.8. The summed E-state index contributed by atoms with van der Waals surface area (Å²) in [6.07, 6.45) is 4.46. The van der Waals surface area contributed by atoms with E-state index in [2.05, 4.69) is 11.1 Å². The third kappa shape index (κ3) is 5.79. The van der Waals surface area contributed by atoms with Gasteiger partial charge >= 0.3 is 0 Å². The maximum absolute atomic E-state index is 12.7. The van der Waals surface area contributed by atoms with Gasteiger partial charge in [0.15, 0.2) is 0 Å². The quantitative estimate of drug-likeness (QED) is 0.645. The summed E-state index contributed by atoms with van der Waals surface area (Å²) >= 11 is 0. The van der Waals surface area contributed by atoms with Gasteiger partial charge in [0.25, 0.3) is 0 Å². The highest BCUT2D eigenvalue weighted by Gasteiger charge is 2.35. The summed E-state index contributed by atoms with van der Waals surface area (Å²) in [6.45, 7) is 6.26. The fraction of sp³-hybridized carbons (Fsp3) is 0.435. The van der Waals surface area contributed by atoms with E-state index < -0.39 is 0 Å². The molecule has 0 bridgehead atoms. The van der Waals surface area contributed by atoms with Crippen LogP contribution in [0.25, 0.3) is 0 Å². The predicted octanol–water partition coefficient (Wildman–Crippen LogP) is 2.97. The van der Waals surface area contributed by atoms with Gasteiger partial charge in [-0.25, -0.2) is 0 Å². The lowest BCUT2D eigenvalue weighted by atomic mass is 10.1. The van der Waals surface area contributed by atoms with Gasteiger partial charge in [0.05, 0.1) is 12.5 Å². The summed E-state index contributed by atoms with van der Waals surface area (Å²) in [7, 11) is 1.80. The molecule has 1 aromatic carbocycles. The van der Waals surface area contributed by atoms with Crippen molar-refractivity contribution in [1.82, 2.24) is 14.8 Å². The summed E-state index contributed by atoms with van der Waals surface area (Å²) in [5, 5.41) is 0. The molecule has 29 heavy (non-hydrogen) atoms. The summed E-state index contributed by atoms with van der Waals surface area (Å²) in [5.74, 6) is 0.660. The Kier molecular flexibility index (Phi) is 6.86. The summed E-state index contributed by atoms with van der Waals surface area (Å²) in [6, 6.07) is 9.93. The minimum Gasteiger partial charge on any atom is -0.494 e. The number of carbonyl (C=O) groups excluding carboxylic acids is 2. The van der Waals surface area contributed by atoms with Crippen LogP contribution in [-0.4, -0.2) is 53.3 Å². The third-order valence-corrected chi connectivity index (χ3v) is 5.16. The smallest absolute Gasteiger partial charge is 0.227 e. The van der Waals surface area contributed by atoms with Gasteiger partial charge < -0.3 is 14.5 Å². The van der Waals surface area contributed by atoms with Crippen molar-refractivity contribution in [3.8, 4) is 5.75 Å². The first-order chi connectivity index (χ1) is 13.9. The maximum Gasteiger partial charge on any atom is 0.227 e. The van der Waals surface area contributed by atoms with Crippen molar-refractivity contribution >= 4 is 11.8 Å². The molecule has 154 valence electrons. The van der Waals surface area contributed by atoms with Gasteiger partial charge in [0, 0.05) is 45.5 Å². The van der Waals surface area contributed by atoms with E-state index in [0.29, 0.717) is 26.2 Å². The van der Waals surface area contributed by atoms with Crippen LogP contribution in [-0.2, 0) is 16.1 Å². The minimum absolute atomic E-state index is 0.0296. The highest BCUT2D eigenvalue weighted by molar-refractivity contribution is 5.89. The first-order valence-corrected chi connectivity index (χ1v) is 10.0. The van der Waals surface area contributed by atoms with Gasteiger partial charge in [-0.05, 0) is 61.2 Å². The molecule has 0 radical (unpaired) electrons. The predicted molar refractivity (Wildman–Crippen MR) is 111 cm³/mol. The molecule has 2 heterocycles. The van der Waals surface area contributed by atoms with Gasteiger partial charge in [-0.2, -0.15) is 0 Å². The Morgan fingerprint density at radius 3 is 2.59 bits per heavy atom. The number of carbonyl (C=O) groups is 2. The number of hydrogen-bond donors (Lipinski definition) is 0. The molecule has 1 unspecified atom stereocenters. The van der Waals surface area contributed by atoms with Crippen LogP contribution in [0.2, 0.25) is 0 Å². The molecule has 0 aliphatic carbocycles. The molecule has 0 N–H and O–H groups in total. The lowest BCUT2D eigenvalue weighted by Crippen LogP contribution is -2.35. The fourth-order valence-corrected chi connectivity index (χ4v) is 3.73. The molecule has 1 aliphatic heterocycles. The molecular weight excluding hydrogens is 366 g/mol. The molecule has 1 saturated heterocycles. The number of likely N-dealkylation sites (tertiary alicyclic amines) is 1. The average molecular weight is 396 g/mol. The molecule has 1 atom stereocenters. The average Bonchev–Trinajstić information content (AvgIpc) is 3.05. The molecule has 1 fully saturated rings. The first-order valence-electron chi connectivity index (χ1n) is 10.0. The zero-order valence-electron chi connectivity index (χ0n) is 17.4. The Labute approximate surface area is 172 Å². The number of rotatable bonds is 8. The second-order valence-electron chi connectivity index (χ2n) is 7.82. The van der Waals surface area contributed by atoms with Crippen molar-refractivity contribution in [1.29, 1.82) is 0 Å². The number of aryl methyl sites for hydroxylation is 2. The standard InChI is InChI=1S/C23H29N3O3/c1-17-11-18(2)13-21(12-17)29-10-4-9-25(3)23(28)20-14-22(27)26(16-20)15-19-5-7-24-8-6-19/h5-8,11-13,20H,4,9-10,14-16H2,1-3H3. The van der Waals surface area contributed by atoms with Crippen LogP contribution in [0.5, 0.6) is 5.75 Å². The van der Waals surface area contributed by atoms with E-state index in [-0.39, 0.29) is 24.2 Å². The van der Waals surface area contributed by atoms with Crippen molar-refractivity contribution in [2.75, 3.05) is 26.7 Å². The Bertz CT molecular complexity index is 833. The van der Waals surface area contributed by atoms with E-state index in [4.69, 9.17) is 4.74 Å². The lowest BCUT2D eigenvalue weighted by Gasteiger charge is -2.21. The van der Waals surface area contributed by atoms with Crippen molar-refractivity contribution < 1.29 is 14.3 Å². The van der Waals surface area contributed by atoms with Crippen LogP contribution in [0.4, 0.5) is 0 Å². The van der Waals surface area contributed by atoms with Crippen molar-refractivity contribution in [2.24, 2.45) is 5.92 Å². The van der Waals surface area contributed by atoms with Gasteiger partial charge in [0.1, 0.15) is 5.75 Å². The summed E-state index contributed by atoms with van der Waals surface area (Å²) in [5.41, 5.74) is 3.38. The zero-order valence-corrected chi connectivity index (χ0v) is 17.4. The fourth-order valence-electron chi connectivity index (χ4n) is 3.73. The van der Waals surface area contributed by atoms with E-state index in [1.54, 1.807) is 29.2 Å². The van der Waals surface area contributed by atoms with Gasteiger partial charge in [-0.15, -0.1) is 0 Å². The molecule has 0 saturated carbocycles. The molecule has 2 amide bonds. The van der Waals surface area contributed by atoms with Crippen molar-refractivity contribution in [2.45, 2.75) is 33.2 Å². The second kappa shape index (κ2) is 9.54. The monoisotopic (exact) mass is 395 g/mol.